The maximum absolute atomic E-state index is 12.2. The van der Waals surface area contributed by atoms with Gasteiger partial charge in [-0.1, -0.05) is 12.8 Å². The Morgan fingerprint density at radius 1 is 1.22 bits per heavy atom. The number of hydrogen-bond acceptors (Lipinski definition) is 3. The van der Waals surface area contributed by atoms with E-state index in [9.17, 15) is 18.0 Å². The first-order valence-corrected chi connectivity index (χ1v) is 8.29. The second kappa shape index (κ2) is 5.65. The van der Waals surface area contributed by atoms with Crippen molar-refractivity contribution in [2.75, 3.05) is 11.5 Å². The van der Waals surface area contributed by atoms with Gasteiger partial charge in [0.15, 0.2) is 0 Å². The van der Waals surface area contributed by atoms with E-state index in [0.29, 0.717) is 6.42 Å². The number of Topliss-reactive ketones (excluding diaryl/α,β-unsaturated/α-hetero) is 1. The molecule has 0 aromatic carbocycles. The molecule has 0 aromatic rings. The molecule has 2 aliphatic rings. The van der Waals surface area contributed by atoms with Gasteiger partial charge in [0.1, 0.15) is 0 Å². The molecule has 1 unspecified atom stereocenters. The van der Waals surface area contributed by atoms with Crippen molar-refractivity contribution in [3.05, 3.63) is 0 Å². The zero-order valence-electron chi connectivity index (χ0n) is 10.1. The lowest BCUT2D eigenvalue weighted by Gasteiger charge is -2.40. The van der Waals surface area contributed by atoms with Gasteiger partial charge in [0, 0.05) is 17.9 Å². The third kappa shape index (κ3) is 3.18. The van der Waals surface area contributed by atoms with Gasteiger partial charge in [0.2, 0.25) is 5.78 Å². The molecule has 1 heterocycles. The fraction of sp³-hybridized carbons (Fsp3) is 0.917. The van der Waals surface area contributed by atoms with Crippen molar-refractivity contribution in [1.82, 2.24) is 0 Å². The van der Waals surface area contributed by atoms with Crippen LogP contribution >= 0.6 is 23.5 Å². The molecule has 2 rings (SSSR count). The van der Waals surface area contributed by atoms with Crippen LogP contribution in [0.2, 0.25) is 0 Å². The van der Waals surface area contributed by atoms with Crippen LogP contribution in [0.4, 0.5) is 13.2 Å². The van der Waals surface area contributed by atoms with E-state index in [0.717, 1.165) is 30.8 Å². The van der Waals surface area contributed by atoms with Gasteiger partial charge >= 0.3 is 6.18 Å². The second-order valence-corrected chi connectivity index (χ2v) is 8.02. The zero-order valence-corrected chi connectivity index (χ0v) is 11.7. The summed E-state index contributed by atoms with van der Waals surface area (Å²) in [4.78, 5) is 11.0. The van der Waals surface area contributed by atoms with Gasteiger partial charge in [-0.15, -0.1) is 23.5 Å². The molecule has 1 saturated heterocycles. The van der Waals surface area contributed by atoms with Gasteiger partial charge in [0.05, 0.1) is 4.08 Å². The van der Waals surface area contributed by atoms with Crippen molar-refractivity contribution < 1.29 is 18.0 Å². The molecule has 104 valence electrons. The maximum atomic E-state index is 12.2. The van der Waals surface area contributed by atoms with Crippen molar-refractivity contribution in [3.8, 4) is 0 Å². The molecule has 0 N–H and O–H groups in total. The van der Waals surface area contributed by atoms with Crippen LogP contribution in [0.25, 0.3) is 0 Å². The van der Waals surface area contributed by atoms with E-state index in [1.807, 2.05) is 23.5 Å². The van der Waals surface area contributed by atoms with Crippen LogP contribution < -0.4 is 0 Å². The highest BCUT2D eigenvalue weighted by Gasteiger charge is 2.45. The molecule has 2 fully saturated rings. The van der Waals surface area contributed by atoms with E-state index in [1.54, 1.807) is 0 Å². The first kappa shape index (κ1) is 14.6. The number of alkyl halides is 3. The number of carbonyl (C=O) groups is 1. The summed E-state index contributed by atoms with van der Waals surface area (Å²) >= 11 is 3.81. The predicted octanol–water partition coefficient (Wildman–Crippen LogP) is 4.26. The highest BCUT2D eigenvalue weighted by atomic mass is 32.2. The Balaban J connectivity index is 1.92. The summed E-state index contributed by atoms with van der Waals surface area (Å²) in [6.45, 7) is 0. The van der Waals surface area contributed by atoms with Crippen LogP contribution in [0.1, 0.15) is 38.5 Å². The summed E-state index contributed by atoms with van der Waals surface area (Å²) in [5.41, 5.74) is 0. The lowest BCUT2D eigenvalue weighted by atomic mass is 9.84. The Bertz CT molecular complexity index is 311. The summed E-state index contributed by atoms with van der Waals surface area (Å²) in [7, 11) is 0. The largest absolute Gasteiger partial charge is 0.449 e. The smallest absolute Gasteiger partial charge is 0.290 e. The van der Waals surface area contributed by atoms with Gasteiger partial charge in [-0.05, 0) is 25.2 Å². The second-order valence-electron chi connectivity index (χ2n) is 4.91. The minimum atomic E-state index is -4.65. The van der Waals surface area contributed by atoms with Crippen LogP contribution in [-0.2, 0) is 4.79 Å². The van der Waals surface area contributed by atoms with Gasteiger partial charge in [0.25, 0.3) is 0 Å². The van der Waals surface area contributed by atoms with Crippen LogP contribution in [0.5, 0.6) is 0 Å². The first-order valence-electron chi connectivity index (χ1n) is 6.32. The number of hydrogen-bond donors (Lipinski definition) is 0. The van der Waals surface area contributed by atoms with Crippen molar-refractivity contribution in [2.45, 2.75) is 48.8 Å². The molecule has 6 heteroatoms. The molecule has 0 aromatic heterocycles. The van der Waals surface area contributed by atoms with Gasteiger partial charge in [-0.3, -0.25) is 4.79 Å². The van der Waals surface area contributed by atoms with Crippen molar-refractivity contribution >= 4 is 29.3 Å². The molecule has 0 amide bonds. The Hall–Kier alpha value is 0.160. The normalized spacial score (nSPS) is 27.6. The van der Waals surface area contributed by atoms with Crippen molar-refractivity contribution in [3.63, 3.8) is 0 Å². The summed E-state index contributed by atoms with van der Waals surface area (Å²) in [6, 6.07) is 0. The highest BCUT2D eigenvalue weighted by molar-refractivity contribution is 8.21. The van der Waals surface area contributed by atoms with Gasteiger partial charge in [-0.25, -0.2) is 0 Å². The Kier molecular flexibility index (Phi) is 4.57. The van der Waals surface area contributed by atoms with E-state index in [1.165, 1.54) is 6.42 Å². The van der Waals surface area contributed by atoms with Crippen molar-refractivity contribution in [1.29, 1.82) is 0 Å². The van der Waals surface area contributed by atoms with Crippen LogP contribution in [0.15, 0.2) is 0 Å². The molecule has 1 spiro atoms. The minimum Gasteiger partial charge on any atom is -0.290 e. The van der Waals surface area contributed by atoms with Crippen LogP contribution in [-0.4, -0.2) is 27.5 Å². The fourth-order valence-corrected chi connectivity index (χ4v) is 6.56. The molecular formula is C12H17F3OS2. The molecule has 18 heavy (non-hydrogen) atoms. The van der Waals surface area contributed by atoms with Crippen LogP contribution in [0.3, 0.4) is 0 Å². The SMILES string of the molecule is O=C(CCC1CCCCC12SCCS2)C(F)(F)F. The number of carbonyl (C=O) groups excluding carboxylic acids is 1. The fourth-order valence-electron chi connectivity index (χ4n) is 2.85. The molecular weight excluding hydrogens is 281 g/mol. The molecule has 0 bridgehead atoms. The molecule has 1 saturated carbocycles. The predicted molar refractivity (Wildman–Crippen MR) is 69.9 cm³/mol. The third-order valence-corrected chi connectivity index (χ3v) is 7.60. The minimum absolute atomic E-state index is 0.115. The Labute approximate surface area is 114 Å². The number of halogens is 3. The van der Waals surface area contributed by atoms with E-state index in [-0.39, 0.29) is 16.4 Å². The molecule has 1 nitrogen and oxygen atoms in total. The molecule has 1 atom stereocenters. The van der Waals surface area contributed by atoms with Gasteiger partial charge < -0.3 is 0 Å². The maximum Gasteiger partial charge on any atom is 0.449 e. The average Bonchev–Trinajstić information content (AvgIpc) is 2.76. The first-order chi connectivity index (χ1) is 8.44. The summed E-state index contributed by atoms with van der Waals surface area (Å²) in [5.74, 6) is 0.897. The Morgan fingerprint density at radius 2 is 1.89 bits per heavy atom. The number of thioether (sulfide) groups is 2. The topological polar surface area (TPSA) is 17.1 Å². The lowest BCUT2D eigenvalue weighted by Crippen LogP contribution is -2.34. The summed E-state index contributed by atoms with van der Waals surface area (Å²) in [6.07, 6.45) is -0.261. The quantitative estimate of drug-likeness (QED) is 0.775. The zero-order chi connectivity index (χ0) is 13.2. The molecule has 1 aliphatic heterocycles. The third-order valence-electron chi connectivity index (χ3n) is 3.76. The number of rotatable bonds is 3. The molecule has 0 radical (unpaired) electrons. The molecule has 1 aliphatic carbocycles. The van der Waals surface area contributed by atoms with E-state index < -0.39 is 12.0 Å². The number of ketones is 1. The van der Waals surface area contributed by atoms with Crippen LogP contribution in [0, 0.1) is 5.92 Å². The van der Waals surface area contributed by atoms with E-state index in [2.05, 4.69) is 0 Å². The lowest BCUT2D eigenvalue weighted by molar-refractivity contribution is -0.171. The van der Waals surface area contributed by atoms with Crippen molar-refractivity contribution in [2.24, 2.45) is 5.92 Å². The van der Waals surface area contributed by atoms with E-state index >= 15 is 0 Å². The Morgan fingerprint density at radius 3 is 2.50 bits per heavy atom. The van der Waals surface area contributed by atoms with Gasteiger partial charge in [-0.2, -0.15) is 13.2 Å². The average molecular weight is 298 g/mol. The highest BCUT2D eigenvalue weighted by Crippen LogP contribution is 2.57. The standard InChI is InChI=1S/C12H17F3OS2/c13-12(14,15)10(16)5-4-9-3-1-2-6-11(9)17-7-8-18-11/h9H,1-8H2. The van der Waals surface area contributed by atoms with E-state index in [4.69, 9.17) is 0 Å². The monoisotopic (exact) mass is 298 g/mol. The summed E-state index contributed by atoms with van der Waals surface area (Å²) in [5, 5.41) is 0. The summed E-state index contributed by atoms with van der Waals surface area (Å²) < 4.78 is 36.8.